The van der Waals surface area contributed by atoms with Gasteiger partial charge in [-0.25, -0.2) is 4.98 Å². The highest BCUT2D eigenvalue weighted by atomic mass is 79.9. The van der Waals surface area contributed by atoms with Crippen molar-refractivity contribution in [1.82, 2.24) is 9.97 Å². The predicted octanol–water partition coefficient (Wildman–Crippen LogP) is 3.89. The number of hydrogen-bond donors (Lipinski definition) is 2. The summed E-state index contributed by atoms with van der Waals surface area (Å²) >= 11 is 3.30. The SMILES string of the molecule is Cc1nc(Br)ccc1NC(=O)c1cc2ccccc2[nH]1. The Balaban J connectivity index is 1.89. The lowest BCUT2D eigenvalue weighted by atomic mass is 10.2. The minimum atomic E-state index is -0.173. The zero-order chi connectivity index (χ0) is 14.1. The number of hydrogen-bond acceptors (Lipinski definition) is 2. The third kappa shape index (κ3) is 2.44. The number of H-pyrrole nitrogens is 1. The van der Waals surface area contributed by atoms with Crippen LogP contribution in [0.3, 0.4) is 0 Å². The summed E-state index contributed by atoms with van der Waals surface area (Å²) in [6, 6.07) is 13.3. The molecule has 0 atom stereocenters. The van der Waals surface area contributed by atoms with Crippen molar-refractivity contribution >= 4 is 38.4 Å². The van der Waals surface area contributed by atoms with E-state index < -0.39 is 0 Å². The molecule has 0 aliphatic carbocycles. The Kier molecular flexibility index (Phi) is 3.28. The molecule has 0 saturated carbocycles. The Morgan fingerprint density at radius 2 is 2.05 bits per heavy atom. The molecule has 2 aromatic heterocycles. The summed E-state index contributed by atoms with van der Waals surface area (Å²) < 4.78 is 0.749. The van der Waals surface area contributed by atoms with E-state index in [0.29, 0.717) is 11.4 Å². The van der Waals surface area contributed by atoms with Crippen molar-refractivity contribution in [3.8, 4) is 0 Å². The van der Waals surface area contributed by atoms with E-state index in [1.165, 1.54) is 0 Å². The number of fused-ring (bicyclic) bond motifs is 1. The summed E-state index contributed by atoms with van der Waals surface area (Å²) in [5.41, 5.74) is 2.96. The summed E-state index contributed by atoms with van der Waals surface area (Å²) in [7, 11) is 0. The highest BCUT2D eigenvalue weighted by molar-refractivity contribution is 9.10. The van der Waals surface area contributed by atoms with Gasteiger partial charge in [0.1, 0.15) is 10.3 Å². The molecule has 2 N–H and O–H groups in total. The van der Waals surface area contributed by atoms with Gasteiger partial charge >= 0.3 is 0 Å². The second kappa shape index (κ2) is 5.09. The van der Waals surface area contributed by atoms with E-state index in [2.05, 4.69) is 31.2 Å². The number of carbonyl (C=O) groups is 1. The molecule has 4 nitrogen and oxygen atoms in total. The molecule has 5 heteroatoms. The van der Waals surface area contributed by atoms with E-state index in [1.54, 1.807) is 6.07 Å². The molecule has 0 bridgehead atoms. The zero-order valence-corrected chi connectivity index (χ0v) is 12.4. The Hall–Kier alpha value is -2.14. The van der Waals surface area contributed by atoms with Crippen LogP contribution in [0.15, 0.2) is 47.1 Å². The van der Waals surface area contributed by atoms with Crippen LogP contribution in [0.25, 0.3) is 10.9 Å². The largest absolute Gasteiger partial charge is 0.351 e. The normalized spacial score (nSPS) is 10.7. The van der Waals surface area contributed by atoms with Crippen LogP contribution in [0, 0.1) is 6.92 Å². The molecule has 3 aromatic rings. The number of anilines is 1. The topological polar surface area (TPSA) is 57.8 Å². The van der Waals surface area contributed by atoms with Crippen LogP contribution in [-0.2, 0) is 0 Å². The number of para-hydroxylation sites is 1. The van der Waals surface area contributed by atoms with Crippen molar-refractivity contribution in [2.24, 2.45) is 0 Å². The highest BCUT2D eigenvalue weighted by Crippen LogP contribution is 2.19. The summed E-state index contributed by atoms with van der Waals surface area (Å²) in [5.74, 6) is -0.173. The first-order chi connectivity index (χ1) is 9.63. The monoisotopic (exact) mass is 329 g/mol. The second-order valence-electron chi connectivity index (χ2n) is 4.49. The molecule has 0 radical (unpaired) electrons. The van der Waals surface area contributed by atoms with Gasteiger partial charge in [0.25, 0.3) is 5.91 Å². The Labute approximate surface area is 124 Å². The number of rotatable bonds is 2. The van der Waals surface area contributed by atoms with E-state index in [1.807, 2.05) is 43.3 Å². The first-order valence-electron chi connectivity index (χ1n) is 6.16. The molecule has 0 fully saturated rings. The van der Waals surface area contributed by atoms with E-state index in [-0.39, 0.29) is 5.91 Å². The lowest BCUT2D eigenvalue weighted by Gasteiger charge is -2.06. The van der Waals surface area contributed by atoms with Gasteiger partial charge < -0.3 is 10.3 Å². The van der Waals surface area contributed by atoms with Gasteiger partial charge in [-0.05, 0) is 47.1 Å². The van der Waals surface area contributed by atoms with E-state index in [9.17, 15) is 4.79 Å². The van der Waals surface area contributed by atoms with Gasteiger partial charge in [0.15, 0.2) is 0 Å². The molecule has 0 saturated heterocycles. The summed E-state index contributed by atoms with van der Waals surface area (Å²) in [6.45, 7) is 1.85. The van der Waals surface area contributed by atoms with Crippen LogP contribution >= 0.6 is 15.9 Å². The summed E-state index contributed by atoms with van der Waals surface area (Å²) in [4.78, 5) is 19.6. The Morgan fingerprint density at radius 1 is 1.25 bits per heavy atom. The number of aromatic nitrogens is 2. The molecule has 0 unspecified atom stereocenters. The number of carbonyl (C=O) groups excluding carboxylic acids is 1. The van der Waals surface area contributed by atoms with Gasteiger partial charge in [-0.1, -0.05) is 18.2 Å². The second-order valence-corrected chi connectivity index (χ2v) is 5.30. The minimum absolute atomic E-state index is 0.173. The predicted molar refractivity (Wildman–Crippen MR) is 82.9 cm³/mol. The molecule has 0 aliphatic heterocycles. The molecule has 3 rings (SSSR count). The minimum Gasteiger partial charge on any atom is -0.351 e. The van der Waals surface area contributed by atoms with Gasteiger partial charge in [0.05, 0.1) is 11.4 Å². The number of nitrogens with zero attached hydrogens (tertiary/aromatic N) is 1. The molecule has 2 heterocycles. The molecule has 1 aromatic carbocycles. The van der Waals surface area contributed by atoms with Crippen LogP contribution in [0.4, 0.5) is 5.69 Å². The van der Waals surface area contributed by atoms with E-state index >= 15 is 0 Å². The van der Waals surface area contributed by atoms with Crippen molar-refractivity contribution in [2.75, 3.05) is 5.32 Å². The number of aryl methyl sites for hydroxylation is 1. The molecule has 100 valence electrons. The van der Waals surface area contributed by atoms with Crippen molar-refractivity contribution in [3.05, 3.63) is 58.5 Å². The fraction of sp³-hybridized carbons (Fsp3) is 0.0667. The van der Waals surface area contributed by atoms with Gasteiger partial charge in [-0.15, -0.1) is 0 Å². The maximum atomic E-state index is 12.2. The number of halogens is 1. The summed E-state index contributed by atoms with van der Waals surface area (Å²) in [6.07, 6.45) is 0. The highest BCUT2D eigenvalue weighted by Gasteiger charge is 2.11. The number of benzene rings is 1. The van der Waals surface area contributed by atoms with Crippen LogP contribution in [0.2, 0.25) is 0 Å². The Morgan fingerprint density at radius 3 is 2.80 bits per heavy atom. The average molecular weight is 330 g/mol. The van der Waals surface area contributed by atoms with Gasteiger partial charge in [-0.2, -0.15) is 0 Å². The van der Waals surface area contributed by atoms with Crippen molar-refractivity contribution < 1.29 is 4.79 Å². The third-order valence-corrected chi connectivity index (χ3v) is 3.52. The fourth-order valence-electron chi connectivity index (χ4n) is 2.05. The number of pyridine rings is 1. The van der Waals surface area contributed by atoms with Crippen molar-refractivity contribution in [1.29, 1.82) is 0 Å². The fourth-order valence-corrected chi connectivity index (χ4v) is 2.45. The molecule has 0 spiro atoms. The lowest BCUT2D eigenvalue weighted by Crippen LogP contribution is -2.13. The molecular formula is C15H12BrN3O. The molecule has 0 aliphatic rings. The number of nitrogens with one attached hydrogen (secondary N) is 2. The Bertz CT molecular complexity index is 762. The molecule has 20 heavy (non-hydrogen) atoms. The third-order valence-electron chi connectivity index (χ3n) is 3.07. The van der Waals surface area contributed by atoms with Crippen molar-refractivity contribution in [3.63, 3.8) is 0 Å². The van der Waals surface area contributed by atoms with Crippen LogP contribution in [0.1, 0.15) is 16.2 Å². The van der Waals surface area contributed by atoms with Crippen LogP contribution < -0.4 is 5.32 Å². The molecular weight excluding hydrogens is 318 g/mol. The van der Waals surface area contributed by atoms with Crippen LogP contribution in [0.5, 0.6) is 0 Å². The van der Waals surface area contributed by atoms with E-state index in [0.717, 1.165) is 21.2 Å². The summed E-state index contributed by atoms with van der Waals surface area (Å²) in [5, 5.41) is 3.88. The number of amides is 1. The molecule has 1 amide bonds. The maximum absolute atomic E-state index is 12.2. The first-order valence-corrected chi connectivity index (χ1v) is 6.95. The average Bonchev–Trinajstić information content (AvgIpc) is 2.86. The van der Waals surface area contributed by atoms with Crippen LogP contribution in [-0.4, -0.2) is 15.9 Å². The maximum Gasteiger partial charge on any atom is 0.272 e. The smallest absolute Gasteiger partial charge is 0.272 e. The van der Waals surface area contributed by atoms with Gasteiger partial charge in [0, 0.05) is 10.9 Å². The van der Waals surface area contributed by atoms with Gasteiger partial charge in [-0.3, -0.25) is 4.79 Å². The van der Waals surface area contributed by atoms with E-state index in [4.69, 9.17) is 0 Å². The standard InChI is InChI=1S/C15H12BrN3O/c1-9-11(6-7-14(16)17-9)19-15(20)13-8-10-4-2-3-5-12(10)18-13/h2-8,18H,1H3,(H,19,20). The first kappa shape index (κ1) is 12.9. The quantitative estimate of drug-likeness (QED) is 0.701. The zero-order valence-electron chi connectivity index (χ0n) is 10.8. The van der Waals surface area contributed by atoms with Gasteiger partial charge in [0.2, 0.25) is 0 Å². The lowest BCUT2D eigenvalue weighted by molar-refractivity contribution is 0.102. The van der Waals surface area contributed by atoms with Crippen molar-refractivity contribution in [2.45, 2.75) is 6.92 Å². The number of aromatic amines is 1.